The fraction of sp³-hybridized carbons (Fsp3) is 0.267. The number of carbonyl (C=O) groups is 1. The molecule has 0 fully saturated rings. The molecule has 1 aromatic carbocycles. The number of carbonyl (C=O) groups excluding carboxylic acids is 1. The van der Waals surface area contributed by atoms with Crippen LogP contribution in [0.1, 0.15) is 17.4 Å². The molecule has 1 amide bonds. The van der Waals surface area contributed by atoms with E-state index in [0.29, 0.717) is 29.8 Å². The Morgan fingerprint density at radius 3 is 2.21 bits per heavy atom. The van der Waals surface area contributed by atoms with Gasteiger partial charge < -0.3 is 9.88 Å². The molecule has 160 valence electrons. The molecule has 0 aliphatic rings. The number of rotatable bonds is 5. The van der Waals surface area contributed by atoms with E-state index in [1.165, 1.54) is 4.72 Å². The van der Waals surface area contributed by atoms with Crippen LogP contribution in [0.3, 0.4) is 0 Å². The van der Waals surface area contributed by atoms with Crippen LogP contribution in [0.4, 0.5) is 36.4 Å². The van der Waals surface area contributed by atoms with Crippen molar-refractivity contribution in [2.75, 3.05) is 5.32 Å². The molecule has 2 rings (SSSR count). The maximum atomic E-state index is 14.5. The maximum Gasteiger partial charge on any atom is 0.404 e. The summed E-state index contributed by atoms with van der Waals surface area (Å²) >= 11 is 0. The number of amides is 1. The molecule has 0 aliphatic carbocycles. The number of alkyl halides is 3. The first-order valence-electron chi connectivity index (χ1n) is 7.55. The van der Waals surface area contributed by atoms with Crippen LogP contribution in [0.25, 0.3) is 0 Å². The second-order valence-corrected chi connectivity index (χ2v) is 7.51. The predicted molar refractivity (Wildman–Crippen MR) is 85.5 cm³/mol. The molecule has 0 saturated carbocycles. The summed E-state index contributed by atoms with van der Waals surface area (Å²) in [7, 11) is -4.04. The van der Waals surface area contributed by atoms with E-state index in [1.807, 2.05) is 0 Å². The Morgan fingerprint density at radius 1 is 1.07 bits per heavy atom. The third kappa shape index (κ3) is 4.53. The number of benzene rings is 1. The Morgan fingerprint density at radius 2 is 1.66 bits per heavy atom. The second-order valence-electron chi connectivity index (χ2n) is 5.83. The minimum Gasteiger partial charge on any atom is -0.343 e. The van der Waals surface area contributed by atoms with Gasteiger partial charge in [-0.25, -0.2) is 26.0 Å². The average Bonchev–Trinajstić information content (AvgIpc) is 2.89. The molecule has 2 aromatic rings. The minimum atomic E-state index is -5.03. The van der Waals surface area contributed by atoms with Crippen LogP contribution in [0, 0.1) is 23.3 Å². The Bertz CT molecular complexity index is 1060. The lowest BCUT2D eigenvalue weighted by Gasteiger charge is -2.16. The zero-order valence-electron chi connectivity index (χ0n) is 14.5. The highest BCUT2D eigenvalue weighted by Gasteiger charge is 2.40. The molecular weight excluding hydrogens is 435 g/mol. The standard InChI is InChI=1S/C15H12F7N3O3S/c1-6(15(20,21)22)24-29(27,28)9-5-25(2)13(12(9)19)14(26)23-8-4-3-7(16)10(17)11(8)18/h3-6,24H,1-2H3,(H,23,26)/t6-/m1/s1. The van der Waals surface area contributed by atoms with E-state index >= 15 is 0 Å². The van der Waals surface area contributed by atoms with Crippen molar-refractivity contribution in [1.29, 1.82) is 0 Å². The van der Waals surface area contributed by atoms with Crippen LogP contribution < -0.4 is 10.0 Å². The molecule has 2 N–H and O–H groups in total. The van der Waals surface area contributed by atoms with Crippen molar-refractivity contribution < 1.29 is 43.9 Å². The second kappa shape index (κ2) is 7.67. The summed E-state index contributed by atoms with van der Waals surface area (Å²) in [6.07, 6.45) is -4.43. The largest absolute Gasteiger partial charge is 0.404 e. The zero-order chi connectivity index (χ0) is 22.3. The molecule has 14 heteroatoms. The quantitative estimate of drug-likeness (QED) is 0.546. The first-order chi connectivity index (χ1) is 13.2. The van der Waals surface area contributed by atoms with E-state index in [4.69, 9.17) is 0 Å². The third-order valence-corrected chi connectivity index (χ3v) is 5.23. The van der Waals surface area contributed by atoms with Gasteiger partial charge in [-0.1, -0.05) is 0 Å². The molecule has 0 spiro atoms. The highest BCUT2D eigenvalue weighted by molar-refractivity contribution is 7.89. The fourth-order valence-electron chi connectivity index (χ4n) is 2.18. The van der Waals surface area contributed by atoms with Crippen LogP contribution in [-0.2, 0) is 17.1 Å². The van der Waals surface area contributed by atoms with Crippen molar-refractivity contribution >= 4 is 21.6 Å². The lowest BCUT2D eigenvalue weighted by molar-refractivity contribution is -0.147. The van der Waals surface area contributed by atoms with Gasteiger partial charge in [-0.3, -0.25) is 4.79 Å². The van der Waals surface area contributed by atoms with Crippen LogP contribution in [0.5, 0.6) is 0 Å². The lowest BCUT2D eigenvalue weighted by Crippen LogP contribution is -2.43. The van der Waals surface area contributed by atoms with Gasteiger partial charge in [-0.2, -0.15) is 17.9 Å². The highest BCUT2D eigenvalue weighted by atomic mass is 32.2. The molecule has 6 nitrogen and oxygen atoms in total. The smallest absolute Gasteiger partial charge is 0.343 e. The van der Waals surface area contributed by atoms with Gasteiger partial charge in [-0.05, 0) is 19.1 Å². The van der Waals surface area contributed by atoms with E-state index in [-0.39, 0.29) is 0 Å². The van der Waals surface area contributed by atoms with Gasteiger partial charge in [0.1, 0.15) is 16.6 Å². The number of halogens is 7. The third-order valence-electron chi connectivity index (χ3n) is 3.70. The first-order valence-corrected chi connectivity index (χ1v) is 9.03. The Labute approximate surface area is 159 Å². The molecule has 1 heterocycles. The number of nitrogens with one attached hydrogen (secondary N) is 2. The van der Waals surface area contributed by atoms with E-state index in [1.54, 1.807) is 5.32 Å². The zero-order valence-corrected chi connectivity index (χ0v) is 15.4. The number of aryl methyl sites for hydroxylation is 1. The van der Waals surface area contributed by atoms with Crippen LogP contribution in [0.15, 0.2) is 23.2 Å². The molecule has 29 heavy (non-hydrogen) atoms. The number of nitrogens with zero attached hydrogens (tertiary/aromatic N) is 1. The summed E-state index contributed by atoms with van der Waals surface area (Å²) in [5.41, 5.74) is -1.88. The Balaban J connectivity index is 2.39. The van der Waals surface area contributed by atoms with E-state index < -0.39 is 67.7 Å². The maximum absolute atomic E-state index is 14.5. The van der Waals surface area contributed by atoms with Crippen LogP contribution >= 0.6 is 0 Å². The molecule has 0 aliphatic heterocycles. The molecule has 0 unspecified atom stereocenters. The van der Waals surface area contributed by atoms with Crippen molar-refractivity contribution in [3.63, 3.8) is 0 Å². The lowest BCUT2D eigenvalue weighted by atomic mass is 10.2. The van der Waals surface area contributed by atoms with E-state index in [0.717, 1.165) is 7.05 Å². The van der Waals surface area contributed by atoms with Gasteiger partial charge >= 0.3 is 6.18 Å². The van der Waals surface area contributed by atoms with Gasteiger partial charge in [-0.15, -0.1) is 0 Å². The molecule has 1 aromatic heterocycles. The highest BCUT2D eigenvalue weighted by Crippen LogP contribution is 2.26. The summed E-state index contributed by atoms with van der Waals surface area (Å²) in [5, 5.41) is 1.73. The number of sulfonamides is 1. The normalized spacial score (nSPS) is 13.4. The van der Waals surface area contributed by atoms with Gasteiger partial charge in [0.05, 0.1) is 5.69 Å². The van der Waals surface area contributed by atoms with Gasteiger partial charge in [0.15, 0.2) is 23.3 Å². The number of anilines is 1. The number of hydrogen-bond donors (Lipinski definition) is 2. The van der Waals surface area contributed by atoms with Gasteiger partial charge in [0.25, 0.3) is 5.91 Å². The minimum absolute atomic E-state index is 0.480. The van der Waals surface area contributed by atoms with Gasteiger partial charge in [0, 0.05) is 13.2 Å². The molecular formula is C15H12F7N3O3S. The fourth-order valence-corrected chi connectivity index (χ4v) is 3.54. The van der Waals surface area contributed by atoms with Gasteiger partial charge in [0.2, 0.25) is 10.0 Å². The summed E-state index contributed by atoms with van der Waals surface area (Å²) in [4.78, 5) is 10.9. The summed E-state index contributed by atoms with van der Waals surface area (Å²) < 4.78 is 118. The molecule has 0 bridgehead atoms. The topological polar surface area (TPSA) is 80.2 Å². The number of aromatic nitrogens is 1. The van der Waals surface area contributed by atoms with Crippen molar-refractivity contribution in [2.24, 2.45) is 7.05 Å². The molecule has 0 saturated heterocycles. The summed E-state index contributed by atoms with van der Waals surface area (Å²) in [5.74, 6) is -8.44. The summed E-state index contributed by atoms with van der Waals surface area (Å²) in [6, 6.07) is -1.44. The first kappa shape index (κ1) is 22.7. The number of hydrogen-bond acceptors (Lipinski definition) is 3. The average molecular weight is 447 g/mol. The summed E-state index contributed by atoms with van der Waals surface area (Å²) in [6.45, 7) is 0.484. The van der Waals surface area contributed by atoms with Crippen molar-refractivity contribution in [2.45, 2.75) is 24.0 Å². The van der Waals surface area contributed by atoms with Crippen LogP contribution in [-0.4, -0.2) is 31.1 Å². The predicted octanol–water partition coefficient (Wildman–Crippen LogP) is 3.06. The SMILES string of the molecule is C[C@@H](NS(=O)(=O)c1cn(C)c(C(=O)Nc2ccc(F)c(F)c2F)c1F)C(F)(F)F. The van der Waals surface area contributed by atoms with Crippen molar-refractivity contribution in [3.8, 4) is 0 Å². The molecule has 1 atom stereocenters. The molecule has 0 radical (unpaired) electrons. The van der Waals surface area contributed by atoms with E-state index in [9.17, 15) is 43.9 Å². The van der Waals surface area contributed by atoms with E-state index in [2.05, 4.69) is 0 Å². The van der Waals surface area contributed by atoms with Crippen molar-refractivity contribution in [1.82, 2.24) is 9.29 Å². The van der Waals surface area contributed by atoms with Crippen LogP contribution in [0.2, 0.25) is 0 Å². The monoisotopic (exact) mass is 447 g/mol. The Hall–Kier alpha value is -2.61. The van der Waals surface area contributed by atoms with Crippen molar-refractivity contribution in [3.05, 3.63) is 47.3 Å². The Kier molecular flexibility index (Phi) is 5.99.